The Bertz CT molecular complexity index is 983. The van der Waals surface area contributed by atoms with E-state index in [4.69, 9.17) is 0 Å². The zero-order chi connectivity index (χ0) is 20.3. The number of carbonyl (C=O) groups excluding carboxylic acids is 2. The molecule has 1 saturated heterocycles. The molecule has 0 aliphatic carbocycles. The van der Waals surface area contributed by atoms with Gasteiger partial charge in [0.05, 0.1) is 11.4 Å². The summed E-state index contributed by atoms with van der Waals surface area (Å²) >= 11 is 0. The Balaban J connectivity index is 1.75. The Morgan fingerprint density at radius 3 is 2.82 bits per heavy atom. The number of H-pyrrole nitrogens is 1. The van der Waals surface area contributed by atoms with Crippen LogP contribution in [0.25, 0.3) is 0 Å². The Morgan fingerprint density at radius 1 is 1.32 bits per heavy atom. The van der Waals surface area contributed by atoms with Gasteiger partial charge in [0.15, 0.2) is 5.69 Å². The number of rotatable bonds is 6. The van der Waals surface area contributed by atoms with Gasteiger partial charge in [-0.05, 0) is 36.6 Å². The molecule has 3 rings (SSSR count). The molecule has 2 aromatic rings. The molecule has 0 unspecified atom stereocenters. The fourth-order valence-electron chi connectivity index (χ4n) is 2.92. The van der Waals surface area contributed by atoms with Gasteiger partial charge in [-0.15, -0.1) is 0 Å². The van der Waals surface area contributed by atoms with E-state index in [2.05, 4.69) is 34.7 Å². The van der Waals surface area contributed by atoms with E-state index in [1.54, 1.807) is 18.2 Å². The van der Waals surface area contributed by atoms with Crippen LogP contribution in [-0.2, 0) is 21.2 Å². The van der Waals surface area contributed by atoms with Crippen molar-refractivity contribution in [3.8, 4) is 0 Å². The minimum Gasteiger partial charge on any atom is -0.354 e. The van der Waals surface area contributed by atoms with Crippen molar-refractivity contribution in [2.45, 2.75) is 25.2 Å². The summed E-state index contributed by atoms with van der Waals surface area (Å²) in [6, 6.07) is 7.64. The predicted molar refractivity (Wildman–Crippen MR) is 103 cm³/mol. The van der Waals surface area contributed by atoms with Crippen LogP contribution in [-0.4, -0.2) is 54.4 Å². The number of carbonyl (C=O) groups is 2. The lowest BCUT2D eigenvalue weighted by Crippen LogP contribution is -2.49. The number of benzene rings is 1. The smallest absolute Gasteiger partial charge is 0.276 e. The summed E-state index contributed by atoms with van der Waals surface area (Å²) in [4.78, 5) is 23.9. The highest BCUT2D eigenvalue weighted by Gasteiger charge is 2.29. The number of nitrogens with zero attached hydrogens (tertiary/aromatic N) is 2. The van der Waals surface area contributed by atoms with E-state index in [1.807, 2.05) is 0 Å². The molecule has 2 amide bonds. The Labute approximate surface area is 163 Å². The van der Waals surface area contributed by atoms with Crippen LogP contribution in [0.3, 0.4) is 0 Å². The third-order valence-corrected chi connectivity index (χ3v) is 6.07. The number of hydrogen-bond acceptors (Lipinski definition) is 5. The molecule has 0 saturated carbocycles. The number of sulfonamides is 1. The SMILES string of the molecule is CC(C)Cc1cc(C(=O)Nc2cccc(S(=O)(=O)N3CCNC(=O)C3)c2)n[nH]1. The maximum atomic E-state index is 12.8. The van der Waals surface area contributed by atoms with Crippen molar-refractivity contribution < 1.29 is 18.0 Å². The third kappa shape index (κ3) is 4.57. The molecule has 2 heterocycles. The van der Waals surface area contributed by atoms with Gasteiger partial charge in [-0.3, -0.25) is 14.7 Å². The second-order valence-corrected chi connectivity index (χ2v) is 8.98. The average Bonchev–Trinajstić information content (AvgIpc) is 3.10. The van der Waals surface area contributed by atoms with Crippen LogP contribution < -0.4 is 10.6 Å². The standard InChI is InChI=1S/C18H23N5O4S/c1-12(2)8-14-10-16(22-21-14)18(25)20-13-4-3-5-15(9-13)28(26,27)23-7-6-19-17(24)11-23/h3-5,9-10,12H,6-8,11H2,1-2H3,(H,19,24)(H,20,25)(H,21,22). The molecule has 1 fully saturated rings. The normalized spacial score (nSPS) is 15.5. The molecule has 0 bridgehead atoms. The first kappa shape index (κ1) is 20.0. The highest BCUT2D eigenvalue weighted by atomic mass is 32.2. The molecule has 0 spiro atoms. The molecule has 9 nitrogen and oxygen atoms in total. The highest BCUT2D eigenvalue weighted by molar-refractivity contribution is 7.89. The lowest BCUT2D eigenvalue weighted by molar-refractivity contribution is -0.122. The van der Waals surface area contributed by atoms with Crippen LogP contribution in [0.15, 0.2) is 35.2 Å². The van der Waals surface area contributed by atoms with E-state index in [1.165, 1.54) is 12.1 Å². The topological polar surface area (TPSA) is 124 Å². The highest BCUT2D eigenvalue weighted by Crippen LogP contribution is 2.20. The van der Waals surface area contributed by atoms with E-state index in [-0.39, 0.29) is 36.1 Å². The maximum Gasteiger partial charge on any atom is 0.276 e. The predicted octanol–water partition coefficient (Wildman–Crippen LogP) is 0.981. The third-order valence-electron chi connectivity index (χ3n) is 4.22. The van der Waals surface area contributed by atoms with Crippen LogP contribution in [0.5, 0.6) is 0 Å². The Kier molecular flexibility index (Phi) is 5.80. The van der Waals surface area contributed by atoms with Gasteiger partial charge in [0.25, 0.3) is 5.91 Å². The Hall–Kier alpha value is -2.72. The zero-order valence-electron chi connectivity index (χ0n) is 15.7. The first-order chi connectivity index (χ1) is 13.3. The van der Waals surface area contributed by atoms with Crippen LogP contribution in [0, 0.1) is 5.92 Å². The van der Waals surface area contributed by atoms with E-state index in [0.29, 0.717) is 11.6 Å². The first-order valence-electron chi connectivity index (χ1n) is 8.98. The second kappa shape index (κ2) is 8.11. The summed E-state index contributed by atoms with van der Waals surface area (Å²) in [6.45, 7) is 4.39. The summed E-state index contributed by atoms with van der Waals surface area (Å²) in [7, 11) is -3.83. The molecular formula is C18H23N5O4S. The lowest BCUT2D eigenvalue weighted by Gasteiger charge is -2.26. The first-order valence-corrected chi connectivity index (χ1v) is 10.4. The quantitative estimate of drug-likeness (QED) is 0.661. The van der Waals surface area contributed by atoms with Crippen molar-refractivity contribution in [1.82, 2.24) is 19.8 Å². The van der Waals surface area contributed by atoms with Gasteiger partial charge in [0, 0.05) is 24.5 Å². The van der Waals surface area contributed by atoms with Crippen LogP contribution in [0.2, 0.25) is 0 Å². The van der Waals surface area contributed by atoms with Crippen molar-refractivity contribution in [3.63, 3.8) is 0 Å². The van der Waals surface area contributed by atoms with Crippen molar-refractivity contribution in [2.24, 2.45) is 5.92 Å². The summed E-state index contributed by atoms with van der Waals surface area (Å²) in [5.41, 5.74) is 1.43. The van der Waals surface area contributed by atoms with Crippen molar-refractivity contribution in [3.05, 3.63) is 41.7 Å². The van der Waals surface area contributed by atoms with Gasteiger partial charge in [0.2, 0.25) is 15.9 Å². The van der Waals surface area contributed by atoms with E-state index >= 15 is 0 Å². The molecule has 150 valence electrons. The van der Waals surface area contributed by atoms with Gasteiger partial charge in [-0.25, -0.2) is 8.42 Å². The molecule has 1 aliphatic rings. The monoisotopic (exact) mass is 405 g/mol. The molecule has 1 aromatic carbocycles. The second-order valence-electron chi connectivity index (χ2n) is 7.05. The van der Waals surface area contributed by atoms with E-state index in [0.717, 1.165) is 16.4 Å². The van der Waals surface area contributed by atoms with Gasteiger partial charge in [-0.2, -0.15) is 9.40 Å². The molecule has 1 aliphatic heterocycles. The summed E-state index contributed by atoms with van der Waals surface area (Å²) in [6.07, 6.45) is 0.775. The fourth-order valence-corrected chi connectivity index (χ4v) is 4.36. The van der Waals surface area contributed by atoms with Crippen LogP contribution in [0.1, 0.15) is 30.0 Å². The van der Waals surface area contributed by atoms with Gasteiger partial charge >= 0.3 is 0 Å². The van der Waals surface area contributed by atoms with Crippen LogP contribution in [0.4, 0.5) is 5.69 Å². The van der Waals surface area contributed by atoms with Crippen molar-refractivity contribution in [1.29, 1.82) is 0 Å². The molecule has 0 atom stereocenters. The molecule has 0 radical (unpaired) electrons. The molecular weight excluding hydrogens is 382 g/mol. The van der Waals surface area contributed by atoms with Crippen LogP contribution >= 0.6 is 0 Å². The molecule has 28 heavy (non-hydrogen) atoms. The van der Waals surface area contributed by atoms with Gasteiger partial charge in [0.1, 0.15) is 0 Å². The number of nitrogens with one attached hydrogen (secondary N) is 3. The lowest BCUT2D eigenvalue weighted by atomic mass is 10.1. The summed E-state index contributed by atoms with van der Waals surface area (Å²) < 4.78 is 26.6. The largest absolute Gasteiger partial charge is 0.354 e. The number of amides is 2. The summed E-state index contributed by atoms with van der Waals surface area (Å²) in [5, 5.41) is 12.1. The molecule has 3 N–H and O–H groups in total. The molecule has 1 aromatic heterocycles. The summed E-state index contributed by atoms with van der Waals surface area (Å²) in [5.74, 6) is -0.344. The average molecular weight is 405 g/mol. The number of aromatic amines is 1. The maximum absolute atomic E-state index is 12.8. The van der Waals surface area contributed by atoms with Gasteiger partial charge < -0.3 is 10.6 Å². The Morgan fingerprint density at radius 2 is 2.11 bits per heavy atom. The van der Waals surface area contributed by atoms with E-state index in [9.17, 15) is 18.0 Å². The fraction of sp³-hybridized carbons (Fsp3) is 0.389. The minimum atomic E-state index is -3.83. The zero-order valence-corrected chi connectivity index (χ0v) is 16.5. The number of aromatic nitrogens is 2. The number of hydrogen-bond donors (Lipinski definition) is 3. The minimum absolute atomic E-state index is 0.0162. The number of piperazine rings is 1. The van der Waals surface area contributed by atoms with Gasteiger partial charge in [-0.1, -0.05) is 19.9 Å². The van der Waals surface area contributed by atoms with Crippen molar-refractivity contribution >= 4 is 27.5 Å². The van der Waals surface area contributed by atoms with E-state index < -0.39 is 15.9 Å². The van der Waals surface area contributed by atoms with Crippen molar-refractivity contribution in [2.75, 3.05) is 25.0 Å². The molecule has 10 heteroatoms. The number of anilines is 1.